The number of unbranched alkanes of at least 4 members (excludes halogenated alkanes) is 10. The normalized spacial score (nSPS) is 11.2. The van der Waals surface area contributed by atoms with Gasteiger partial charge < -0.3 is 29.9 Å². The predicted molar refractivity (Wildman–Crippen MR) is 201 cm³/mol. The van der Waals surface area contributed by atoms with Crippen LogP contribution >= 0.6 is 0 Å². The molecule has 0 heterocycles. The SMILES string of the molecule is CCCCCCCCCCCCCC(C)(c1ccc(Oc2ccc(C(=O)O)c(C(=O)O)c2)cc1)c1ccc(Oc2ccc(C(=O)O)c(C(=O)O)c2)cc1. The molecule has 4 aromatic carbocycles. The summed E-state index contributed by atoms with van der Waals surface area (Å²) < 4.78 is 11.8. The van der Waals surface area contributed by atoms with E-state index in [9.17, 15) is 39.6 Å². The van der Waals surface area contributed by atoms with Crippen LogP contribution in [0.4, 0.5) is 0 Å². The second-order valence-corrected chi connectivity index (χ2v) is 13.5. The lowest BCUT2D eigenvalue weighted by atomic mass is 9.72. The van der Waals surface area contributed by atoms with Gasteiger partial charge in [-0.25, -0.2) is 19.2 Å². The summed E-state index contributed by atoms with van der Waals surface area (Å²) in [5, 5.41) is 37.7. The zero-order valence-corrected chi connectivity index (χ0v) is 30.3. The third kappa shape index (κ3) is 11.2. The number of rotatable bonds is 22. The van der Waals surface area contributed by atoms with Crippen molar-refractivity contribution in [3.63, 3.8) is 0 Å². The quantitative estimate of drug-likeness (QED) is 0.0572. The Morgan fingerprint density at radius 3 is 1.11 bits per heavy atom. The lowest BCUT2D eigenvalue weighted by Crippen LogP contribution is -2.23. The molecule has 0 aliphatic heterocycles. The van der Waals surface area contributed by atoms with Gasteiger partial charge in [0.2, 0.25) is 0 Å². The van der Waals surface area contributed by atoms with E-state index in [1.807, 2.05) is 24.3 Å². The van der Waals surface area contributed by atoms with Gasteiger partial charge in [-0.15, -0.1) is 0 Å². The van der Waals surface area contributed by atoms with Crippen LogP contribution in [0.25, 0.3) is 0 Å². The van der Waals surface area contributed by atoms with Gasteiger partial charge >= 0.3 is 23.9 Å². The van der Waals surface area contributed by atoms with E-state index in [0.717, 1.165) is 30.4 Å². The maximum absolute atomic E-state index is 11.7. The number of benzene rings is 4. The van der Waals surface area contributed by atoms with Gasteiger partial charge in [0.15, 0.2) is 0 Å². The van der Waals surface area contributed by atoms with Crippen molar-refractivity contribution < 1.29 is 49.1 Å². The molecule has 0 radical (unpaired) electrons. The molecule has 53 heavy (non-hydrogen) atoms. The Morgan fingerprint density at radius 1 is 0.453 bits per heavy atom. The minimum absolute atomic E-state index is 0.201. The number of carbonyl (C=O) groups is 4. The molecule has 0 aliphatic rings. The number of carboxylic acids is 4. The number of hydrogen-bond acceptors (Lipinski definition) is 6. The first-order valence-electron chi connectivity index (χ1n) is 18.2. The summed E-state index contributed by atoms with van der Waals surface area (Å²) >= 11 is 0. The molecule has 4 aromatic rings. The zero-order valence-electron chi connectivity index (χ0n) is 30.3. The Hall–Kier alpha value is -5.64. The highest BCUT2D eigenvalue weighted by Gasteiger charge is 2.29. The number of ether oxygens (including phenoxy) is 2. The first-order valence-corrected chi connectivity index (χ1v) is 18.2. The smallest absolute Gasteiger partial charge is 0.336 e. The first-order chi connectivity index (χ1) is 25.4. The molecule has 0 aliphatic carbocycles. The van der Waals surface area contributed by atoms with Crippen LogP contribution in [0.2, 0.25) is 0 Å². The standard InChI is InChI=1S/C43H48O10/c1-3-4-5-6-7-8-9-10-11-12-13-26-43(2,29-14-18-31(19-15-29)52-33-22-24-35(39(44)45)37(27-33)41(48)49)30-16-20-32(21-17-30)53-34-23-25-36(40(46)47)38(28-34)42(50)51/h14-25,27-28H,3-13,26H2,1-2H3,(H,44,45)(H,46,47)(H,48,49)(H,50,51). The largest absolute Gasteiger partial charge is 0.478 e. The van der Waals surface area contributed by atoms with E-state index in [2.05, 4.69) is 13.8 Å². The van der Waals surface area contributed by atoms with Crippen molar-refractivity contribution >= 4 is 23.9 Å². The molecule has 0 fully saturated rings. The fraction of sp³-hybridized carbons (Fsp3) is 0.349. The molecular weight excluding hydrogens is 676 g/mol. The van der Waals surface area contributed by atoms with Crippen LogP contribution in [0.15, 0.2) is 84.9 Å². The Labute approximate surface area is 310 Å². The molecule has 10 nitrogen and oxygen atoms in total. The molecule has 0 spiro atoms. The number of aromatic carboxylic acids is 4. The third-order valence-electron chi connectivity index (χ3n) is 9.64. The van der Waals surface area contributed by atoms with Crippen LogP contribution in [0, 0.1) is 0 Å². The summed E-state index contributed by atoms with van der Waals surface area (Å²) in [6.07, 6.45) is 14.4. The monoisotopic (exact) mass is 724 g/mol. The fourth-order valence-corrected chi connectivity index (χ4v) is 6.55. The minimum Gasteiger partial charge on any atom is -0.478 e. The Morgan fingerprint density at radius 2 is 0.774 bits per heavy atom. The first kappa shape index (κ1) is 40.1. The molecule has 0 bridgehead atoms. The average molecular weight is 725 g/mol. The summed E-state index contributed by atoms with van der Waals surface area (Å²) in [5.41, 5.74) is 0.292. The van der Waals surface area contributed by atoms with Gasteiger partial charge in [-0.1, -0.05) is 109 Å². The van der Waals surface area contributed by atoms with Crippen molar-refractivity contribution in [3.8, 4) is 23.0 Å². The molecule has 0 amide bonds. The summed E-state index contributed by atoms with van der Waals surface area (Å²) in [7, 11) is 0. The average Bonchev–Trinajstić information content (AvgIpc) is 3.14. The van der Waals surface area contributed by atoms with Gasteiger partial charge in [-0.3, -0.25) is 0 Å². The lowest BCUT2D eigenvalue weighted by Gasteiger charge is -2.31. The molecule has 4 N–H and O–H groups in total. The van der Waals surface area contributed by atoms with E-state index in [1.54, 1.807) is 24.3 Å². The van der Waals surface area contributed by atoms with Gasteiger partial charge in [0.05, 0.1) is 22.3 Å². The second kappa shape index (κ2) is 19.3. The summed E-state index contributed by atoms with van der Waals surface area (Å²) in [6, 6.07) is 22.8. The van der Waals surface area contributed by atoms with Crippen LogP contribution in [0.5, 0.6) is 23.0 Å². The van der Waals surface area contributed by atoms with E-state index in [-0.39, 0.29) is 33.8 Å². The second-order valence-electron chi connectivity index (χ2n) is 13.5. The van der Waals surface area contributed by atoms with E-state index in [0.29, 0.717) is 11.5 Å². The number of hydrogen-bond donors (Lipinski definition) is 4. The Bertz CT molecular complexity index is 1740. The van der Waals surface area contributed by atoms with Crippen molar-refractivity contribution in [1.82, 2.24) is 0 Å². The van der Waals surface area contributed by atoms with Crippen molar-refractivity contribution in [2.24, 2.45) is 0 Å². The van der Waals surface area contributed by atoms with E-state index >= 15 is 0 Å². The van der Waals surface area contributed by atoms with Crippen molar-refractivity contribution in [1.29, 1.82) is 0 Å². The number of carboxylic acid groups (broad SMARTS) is 4. The van der Waals surface area contributed by atoms with Gasteiger partial charge in [-0.05, 0) is 78.2 Å². The van der Waals surface area contributed by atoms with Gasteiger partial charge in [-0.2, -0.15) is 0 Å². The molecule has 0 saturated carbocycles. The fourth-order valence-electron chi connectivity index (χ4n) is 6.55. The van der Waals surface area contributed by atoms with Crippen molar-refractivity contribution in [2.45, 2.75) is 96.3 Å². The van der Waals surface area contributed by atoms with Gasteiger partial charge in [0.1, 0.15) is 23.0 Å². The topological polar surface area (TPSA) is 168 Å². The van der Waals surface area contributed by atoms with E-state index < -0.39 is 29.3 Å². The molecule has 280 valence electrons. The van der Waals surface area contributed by atoms with E-state index in [1.165, 1.54) is 94.2 Å². The highest BCUT2D eigenvalue weighted by atomic mass is 16.5. The van der Waals surface area contributed by atoms with Crippen LogP contribution in [-0.4, -0.2) is 44.3 Å². The molecular formula is C43H48O10. The van der Waals surface area contributed by atoms with Crippen LogP contribution in [0.1, 0.15) is 143 Å². The van der Waals surface area contributed by atoms with Gasteiger partial charge in [0.25, 0.3) is 0 Å². The highest BCUT2D eigenvalue weighted by molar-refractivity contribution is 6.02. The minimum atomic E-state index is -1.36. The summed E-state index contributed by atoms with van der Waals surface area (Å²) in [6.45, 7) is 4.42. The maximum atomic E-state index is 11.7. The van der Waals surface area contributed by atoms with Crippen LogP contribution in [-0.2, 0) is 5.41 Å². The molecule has 0 atom stereocenters. The summed E-state index contributed by atoms with van der Waals surface area (Å²) in [5.74, 6) is -4.07. The highest BCUT2D eigenvalue weighted by Crippen LogP contribution is 2.39. The maximum Gasteiger partial charge on any atom is 0.336 e. The van der Waals surface area contributed by atoms with Crippen molar-refractivity contribution in [3.05, 3.63) is 118 Å². The van der Waals surface area contributed by atoms with Crippen molar-refractivity contribution in [2.75, 3.05) is 0 Å². The van der Waals surface area contributed by atoms with Crippen LogP contribution < -0.4 is 9.47 Å². The third-order valence-corrected chi connectivity index (χ3v) is 9.64. The Balaban J connectivity index is 1.50. The predicted octanol–water partition coefficient (Wildman–Crippen LogP) is 11.1. The Kier molecular flexibility index (Phi) is 14.6. The lowest BCUT2D eigenvalue weighted by molar-refractivity contribution is 0.0651. The molecule has 0 unspecified atom stereocenters. The molecule has 4 rings (SSSR count). The molecule has 10 heteroatoms. The zero-order chi connectivity index (χ0) is 38.4. The molecule has 0 saturated heterocycles. The molecule has 0 aromatic heterocycles. The van der Waals surface area contributed by atoms with E-state index in [4.69, 9.17) is 9.47 Å². The van der Waals surface area contributed by atoms with Crippen LogP contribution in [0.3, 0.4) is 0 Å². The summed E-state index contributed by atoms with van der Waals surface area (Å²) in [4.78, 5) is 46.2. The van der Waals surface area contributed by atoms with Gasteiger partial charge in [0, 0.05) is 5.41 Å².